The highest BCUT2D eigenvalue weighted by atomic mass is 16.5. The third-order valence-electron chi connectivity index (χ3n) is 5.58. The van der Waals surface area contributed by atoms with Crippen molar-refractivity contribution in [3.63, 3.8) is 0 Å². The van der Waals surface area contributed by atoms with Gasteiger partial charge in [-0.25, -0.2) is 9.97 Å². The molecule has 2 atom stereocenters. The first-order valence-corrected chi connectivity index (χ1v) is 9.14. The molecule has 132 valence electrons. The summed E-state index contributed by atoms with van der Waals surface area (Å²) >= 11 is 0. The van der Waals surface area contributed by atoms with Crippen molar-refractivity contribution >= 4 is 5.82 Å². The lowest BCUT2D eigenvalue weighted by Gasteiger charge is -2.39. The van der Waals surface area contributed by atoms with E-state index in [2.05, 4.69) is 38.0 Å². The van der Waals surface area contributed by atoms with Gasteiger partial charge in [-0.3, -0.25) is 4.90 Å². The average molecular weight is 338 g/mol. The Morgan fingerprint density at radius 2 is 2.08 bits per heavy atom. The summed E-state index contributed by atoms with van der Waals surface area (Å²) in [5.41, 5.74) is 1.33. The monoisotopic (exact) mass is 338 g/mol. The van der Waals surface area contributed by atoms with Gasteiger partial charge in [0, 0.05) is 31.9 Å². The lowest BCUT2D eigenvalue weighted by molar-refractivity contribution is 0.200. The number of benzene rings is 1. The van der Waals surface area contributed by atoms with Gasteiger partial charge < -0.3 is 9.64 Å². The number of methoxy groups -OCH3 is 1. The highest BCUT2D eigenvalue weighted by Gasteiger charge is 2.38. The van der Waals surface area contributed by atoms with Crippen LogP contribution in [-0.2, 0) is 6.54 Å². The summed E-state index contributed by atoms with van der Waals surface area (Å²) < 4.78 is 5.37. The first-order valence-electron chi connectivity index (χ1n) is 9.14. The minimum absolute atomic E-state index is 0.607. The number of hydrogen-bond acceptors (Lipinski definition) is 5. The number of aryl methyl sites for hydroxylation is 1. The van der Waals surface area contributed by atoms with Crippen LogP contribution in [-0.4, -0.2) is 47.7 Å². The highest BCUT2D eigenvalue weighted by molar-refractivity contribution is 5.39. The number of piperidine rings is 1. The Balaban J connectivity index is 1.48. The summed E-state index contributed by atoms with van der Waals surface area (Å²) in [6, 6.07) is 11.1. The van der Waals surface area contributed by atoms with Crippen LogP contribution < -0.4 is 9.64 Å². The molecular formula is C20H26N4O. The van der Waals surface area contributed by atoms with E-state index in [1.165, 1.54) is 24.9 Å². The van der Waals surface area contributed by atoms with E-state index in [1.807, 2.05) is 25.3 Å². The second-order valence-electron chi connectivity index (χ2n) is 7.13. The SMILES string of the molecule is COc1cccc(CN2CCC3CCN(c4ccnc(C)n4)CC32)c1. The zero-order valence-electron chi connectivity index (χ0n) is 15.1. The summed E-state index contributed by atoms with van der Waals surface area (Å²) in [6.07, 6.45) is 4.43. The molecule has 0 amide bonds. The summed E-state index contributed by atoms with van der Waals surface area (Å²) in [7, 11) is 1.73. The van der Waals surface area contributed by atoms with E-state index >= 15 is 0 Å². The maximum Gasteiger partial charge on any atom is 0.132 e. The maximum atomic E-state index is 5.37. The number of ether oxygens (including phenoxy) is 1. The Hall–Kier alpha value is -2.14. The van der Waals surface area contributed by atoms with Crippen molar-refractivity contribution in [2.24, 2.45) is 5.92 Å². The number of hydrogen-bond donors (Lipinski definition) is 0. The predicted molar refractivity (Wildman–Crippen MR) is 98.9 cm³/mol. The molecule has 2 unspecified atom stereocenters. The van der Waals surface area contributed by atoms with E-state index in [-0.39, 0.29) is 0 Å². The first-order chi connectivity index (χ1) is 12.2. The molecule has 0 spiro atoms. The summed E-state index contributed by atoms with van der Waals surface area (Å²) in [5, 5.41) is 0. The fraction of sp³-hybridized carbons (Fsp3) is 0.500. The minimum Gasteiger partial charge on any atom is -0.497 e. The molecule has 2 fully saturated rings. The van der Waals surface area contributed by atoms with Crippen molar-refractivity contribution in [3.8, 4) is 5.75 Å². The van der Waals surface area contributed by atoms with Crippen LogP contribution in [0.2, 0.25) is 0 Å². The molecule has 1 aromatic carbocycles. The van der Waals surface area contributed by atoms with Crippen molar-refractivity contribution < 1.29 is 4.74 Å². The molecule has 3 heterocycles. The van der Waals surface area contributed by atoms with E-state index < -0.39 is 0 Å². The molecule has 2 saturated heterocycles. The number of fused-ring (bicyclic) bond motifs is 1. The lowest BCUT2D eigenvalue weighted by atomic mass is 9.92. The van der Waals surface area contributed by atoms with Gasteiger partial charge in [-0.2, -0.15) is 0 Å². The van der Waals surface area contributed by atoms with Crippen molar-refractivity contribution in [1.82, 2.24) is 14.9 Å². The molecule has 0 radical (unpaired) electrons. The first kappa shape index (κ1) is 16.3. The number of aromatic nitrogens is 2. The van der Waals surface area contributed by atoms with E-state index in [0.717, 1.165) is 42.9 Å². The Labute approximate surface area is 149 Å². The van der Waals surface area contributed by atoms with Crippen molar-refractivity contribution in [2.75, 3.05) is 31.6 Å². The van der Waals surface area contributed by atoms with Gasteiger partial charge in [0.05, 0.1) is 7.11 Å². The molecule has 1 aromatic heterocycles. The van der Waals surface area contributed by atoms with Gasteiger partial charge >= 0.3 is 0 Å². The smallest absolute Gasteiger partial charge is 0.132 e. The Kier molecular flexibility index (Phi) is 4.57. The molecule has 0 aliphatic carbocycles. The van der Waals surface area contributed by atoms with Crippen LogP contribution in [0.25, 0.3) is 0 Å². The van der Waals surface area contributed by atoms with Gasteiger partial charge in [-0.05, 0) is 56.0 Å². The minimum atomic E-state index is 0.607. The predicted octanol–water partition coefficient (Wildman–Crippen LogP) is 2.89. The third-order valence-corrected chi connectivity index (χ3v) is 5.58. The van der Waals surface area contributed by atoms with Crippen LogP contribution in [0.3, 0.4) is 0 Å². The van der Waals surface area contributed by atoms with Gasteiger partial charge in [0.2, 0.25) is 0 Å². The van der Waals surface area contributed by atoms with Crippen LogP contribution in [0, 0.1) is 12.8 Å². The molecule has 2 aromatic rings. The molecule has 0 bridgehead atoms. The molecule has 4 rings (SSSR count). The van der Waals surface area contributed by atoms with E-state index in [0.29, 0.717) is 6.04 Å². The molecule has 25 heavy (non-hydrogen) atoms. The number of likely N-dealkylation sites (tertiary alicyclic amines) is 1. The Morgan fingerprint density at radius 3 is 2.92 bits per heavy atom. The molecule has 5 nitrogen and oxygen atoms in total. The summed E-state index contributed by atoms with van der Waals surface area (Å²) in [5.74, 6) is 3.67. The fourth-order valence-electron chi connectivity index (χ4n) is 4.26. The van der Waals surface area contributed by atoms with Crippen molar-refractivity contribution in [1.29, 1.82) is 0 Å². The molecular weight excluding hydrogens is 312 g/mol. The second kappa shape index (κ2) is 7.00. The second-order valence-corrected chi connectivity index (χ2v) is 7.13. The quantitative estimate of drug-likeness (QED) is 0.857. The van der Waals surface area contributed by atoms with Crippen molar-refractivity contribution in [3.05, 3.63) is 47.9 Å². The van der Waals surface area contributed by atoms with Gasteiger partial charge in [0.1, 0.15) is 17.4 Å². The van der Waals surface area contributed by atoms with Gasteiger partial charge in [-0.15, -0.1) is 0 Å². The normalized spacial score (nSPS) is 23.5. The van der Waals surface area contributed by atoms with Gasteiger partial charge in [0.15, 0.2) is 0 Å². The Bertz CT molecular complexity index is 735. The molecule has 5 heteroatoms. The maximum absolute atomic E-state index is 5.37. The number of anilines is 1. The van der Waals surface area contributed by atoms with Crippen LogP contribution in [0.1, 0.15) is 24.2 Å². The topological polar surface area (TPSA) is 41.5 Å². The average Bonchev–Trinajstić information content (AvgIpc) is 3.04. The Morgan fingerprint density at radius 1 is 1.20 bits per heavy atom. The highest BCUT2D eigenvalue weighted by Crippen LogP contribution is 2.34. The lowest BCUT2D eigenvalue weighted by Crippen LogP contribution is -2.48. The third kappa shape index (κ3) is 3.47. The van der Waals surface area contributed by atoms with E-state index in [9.17, 15) is 0 Å². The standard InChI is InChI=1S/C20H26N4O/c1-15-21-9-6-20(22-15)24-11-8-17-7-10-23(19(17)14-24)13-16-4-3-5-18(12-16)25-2/h3-6,9,12,17,19H,7-8,10-11,13-14H2,1-2H3. The van der Waals surface area contributed by atoms with E-state index in [1.54, 1.807) is 7.11 Å². The number of nitrogens with zero attached hydrogens (tertiary/aromatic N) is 4. The van der Waals surface area contributed by atoms with Crippen LogP contribution >= 0.6 is 0 Å². The van der Waals surface area contributed by atoms with Crippen molar-refractivity contribution in [2.45, 2.75) is 32.4 Å². The molecule has 0 N–H and O–H groups in total. The van der Waals surface area contributed by atoms with Crippen LogP contribution in [0.15, 0.2) is 36.5 Å². The summed E-state index contributed by atoms with van der Waals surface area (Å²) in [4.78, 5) is 13.9. The zero-order chi connectivity index (χ0) is 17.2. The fourth-order valence-corrected chi connectivity index (χ4v) is 4.26. The number of rotatable bonds is 4. The van der Waals surface area contributed by atoms with E-state index in [4.69, 9.17) is 4.74 Å². The molecule has 2 aliphatic rings. The zero-order valence-corrected chi connectivity index (χ0v) is 15.1. The van der Waals surface area contributed by atoms with Gasteiger partial charge in [0.25, 0.3) is 0 Å². The molecule has 0 saturated carbocycles. The molecule has 2 aliphatic heterocycles. The van der Waals surface area contributed by atoms with Crippen LogP contribution in [0.5, 0.6) is 5.75 Å². The summed E-state index contributed by atoms with van der Waals surface area (Å²) in [6.45, 7) is 6.30. The largest absolute Gasteiger partial charge is 0.497 e. The van der Waals surface area contributed by atoms with Gasteiger partial charge in [-0.1, -0.05) is 12.1 Å². The van der Waals surface area contributed by atoms with Crippen LogP contribution in [0.4, 0.5) is 5.82 Å².